The summed E-state index contributed by atoms with van der Waals surface area (Å²) in [5.41, 5.74) is 10.4. The Labute approximate surface area is 404 Å². The van der Waals surface area contributed by atoms with E-state index in [0.717, 1.165) is 140 Å². The van der Waals surface area contributed by atoms with Crippen LogP contribution in [-0.4, -0.2) is 91.0 Å². The number of aldehydes is 1. The zero-order valence-corrected chi connectivity index (χ0v) is 42.1. The van der Waals surface area contributed by atoms with Crippen LogP contribution in [-0.2, 0) is 16.0 Å². The lowest BCUT2D eigenvalue weighted by molar-refractivity contribution is -0.138. The number of benzene rings is 4. The van der Waals surface area contributed by atoms with E-state index in [4.69, 9.17) is 4.98 Å². The quantitative estimate of drug-likeness (QED) is 0.0266. The Kier molecular flexibility index (Phi) is 28.4. The van der Waals surface area contributed by atoms with Crippen LogP contribution >= 0.6 is 0 Å². The molecule has 10 heteroatoms. The molecule has 4 N–H and O–H groups in total. The van der Waals surface area contributed by atoms with E-state index in [-0.39, 0.29) is 18.0 Å². The van der Waals surface area contributed by atoms with Crippen molar-refractivity contribution in [2.45, 2.75) is 100 Å². The number of H-pyrrole nitrogens is 1. The average Bonchev–Trinajstić information content (AvgIpc) is 4.04. The molecular formula is C57H80N8O2. The third kappa shape index (κ3) is 17.9. The molecule has 1 amide bonds. The van der Waals surface area contributed by atoms with Gasteiger partial charge in [0.1, 0.15) is 18.2 Å². The molecule has 2 heterocycles. The number of allylic oxidation sites excluding steroid dienone is 1. The number of nitrogens with zero attached hydrogens (tertiary/aromatic N) is 4. The smallest absolute Gasteiger partial charge is 0.245 e. The van der Waals surface area contributed by atoms with Gasteiger partial charge in [0.15, 0.2) is 0 Å². The number of hydrogen-bond donors (Lipinski definition) is 4. The number of amides is 1. The number of likely N-dealkylation sites (N-methyl/N-ethyl adjacent to an activating group) is 1. The van der Waals surface area contributed by atoms with Gasteiger partial charge in [0.2, 0.25) is 5.91 Å². The van der Waals surface area contributed by atoms with Gasteiger partial charge in [-0.1, -0.05) is 158 Å². The van der Waals surface area contributed by atoms with E-state index in [1.807, 2.05) is 69.3 Å². The van der Waals surface area contributed by atoms with Crippen molar-refractivity contribution in [3.8, 4) is 35.2 Å². The summed E-state index contributed by atoms with van der Waals surface area (Å²) in [5, 5.41) is 10.1. The number of aryl methyl sites for hydroxylation is 1. The first-order valence-electron chi connectivity index (χ1n) is 24.3. The number of carbonyl (C=O) groups is 2. The summed E-state index contributed by atoms with van der Waals surface area (Å²) >= 11 is 0. The van der Waals surface area contributed by atoms with Crippen LogP contribution in [0.15, 0.2) is 120 Å². The molecule has 1 aromatic heterocycles. The molecule has 1 aliphatic rings. The normalized spacial score (nSPS) is 13.4. The predicted molar refractivity (Wildman–Crippen MR) is 285 cm³/mol. The van der Waals surface area contributed by atoms with Gasteiger partial charge in [0.05, 0.1) is 23.1 Å². The number of aromatic amines is 1. The van der Waals surface area contributed by atoms with Crippen molar-refractivity contribution in [2.75, 3.05) is 52.4 Å². The fourth-order valence-corrected chi connectivity index (χ4v) is 7.83. The Bertz CT molecular complexity index is 2160. The van der Waals surface area contributed by atoms with Crippen molar-refractivity contribution in [2.24, 2.45) is 4.99 Å². The molecule has 6 rings (SSSR count). The van der Waals surface area contributed by atoms with Gasteiger partial charge in [-0.2, -0.15) is 0 Å². The Balaban J connectivity index is 0.000000724. The van der Waals surface area contributed by atoms with Crippen molar-refractivity contribution >= 4 is 24.6 Å². The first kappa shape index (κ1) is 57.0. The molecular weight excluding hydrogens is 829 g/mol. The molecule has 4 aromatic carbocycles. The average molecular weight is 909 g/mol. The number of aliphatic imine (C=N–C) groups is 1. The van der Waals surface area contributed by atoms with Gasteiger partial charge in [-0.05, 0) is 100 Å². The predicted octanol–water partition coefficient (Wildman–Crippen LogP) is 11.1. The van der Waals surface area contributed by atoms with Gasteiger partial charge in [0.25, 0.3) is 0 Å². The maximum absolute atomic E-state index is 14.2. The second-order valence-electron chi connectivity index (χ2n) is 15.6. The fraction of sp³-hybridized carbons (Fsp3) is 0.404. The minimum atomic E-state index is -0.302. The van der Waals surface area contributed by atoms with Crippen LogP contribution in [0.2, 0.25) is 0 Å². The molecule has 2 atom stereocenters. The highest BCUT2D eigenvalue weighted by Gasteiger charge is 2.38. The highest BCUT2D eigenvalue weighted by Crippen LogP contribution is 2.36. The third-order valence-electron chi connectivity index (χ3n) is 11.2. The van der Waals surface area contributed by atoms with Crippen LogP contribution in [0.5, 0.6) is 0 Å². The van der Waals surface area contributed by atoms with Gasteiger partial charge in [0, 0.05) is 37.3 Å². The van der Waals surface area contributed by atoms with E-state index in [9.17, 15) is 9.59 Å². The lowest BCUT2D eigenvalue weighted by atomic mass is 10.00. The molecule has 67 heavy (non-hydrogen) atoms. The third-order valence-corrected chi connectivity index (χ3v) is 11.2. The van der Waals surface area contributed by atoms with E-state index in [2.05, 4.69) is 157 Å². The molecule has 0 spiro atoms. The summed E-state index contributed by atoms with van der Waals surface area (Å²) in [7, 11) is 0. The standard InChI is InChI=1S/C41H53N7O.C8H8O.C4H11N.C2H6.C2H2/c1-7-25-43-26-27-44-37(29(4)42-6)33-21-17-31(18-22-33)32-19-23-34(24-20-32)38-30(5)45-40(46-38)36-16-13-28-48(36)41(49)39(47(8-2)9-3)35-14-11-10-12-15-35;9-7-6-8-4-2-1-3-5-8;1-3-5-4-2;2*1-2/h10-12,14-15,17-24,36,39,43-44H,6-9,13,16,25-28H2,1-5H3,(H,45,46);1-5,7H,6H2;5H,3-4H2,1-2H3;1-2H3;1-2H/b37-29-;;;;/t36-,39+;;;;/m0..../s1. The largest absolute Gasteiger partial charge is 0.382 e. The molecule has 5 aromatic rings. The highest BCUT2D eigenvalue weighted by atomic mass is 16.2. The van der Waals surface area contributed by atoms with Crippen LogP contribution in [0.25, 0.3) is 28.1 Å². The number of imidazole rings is 1. The molecule has 0 radical (unpaired) electrons. The molecule has 1 fully saturated rings. The van der Waals surface area contributed by atoms with Gasteiger partial charge in [-0.25, -0.2) is 4.98 Å². The number of likely N-dealkylation sites (tertiary alicyclic amines) is 1. The number of terminal acetylenes is 1. The molecule has 1 saturated heterocycles. The molecule has 10 nitrogen and oxygen atoms in total. The SMILES string of the molecule is C#C.C=N/C(C)=C(\NCCNCCC)c1ccc(-c2ccc(-c3nc([C@@H]4CCCN4C(=O)[C@@H](c4ccccc4)N(CC)CC)[nH]c3C)cc2)cc1.CC.CCNCC.O=CCc1ccccc1. The van der Waals surface area contributed by atoms with Crippen LogP contribution in [0.3, 0.4) is 0 Å². The minimum Gasteiger partial charge on any atom is -0.382 e. The summed E-state index contributed by atoms with van der Waals surface area (Å²) in [5.74, 6) is 1.02. The van der Waals surface area contributed by atoms with Crippen LogP contribution in [0.1, 0.15) is 115 Å². The van der Waals surface area contributed by atoms with E-state index >= 15 is 0 Å². The van der Waals surface area contributed by atoms with Gasteiger partial charge >= 0.3 is 0 Å². The van der Waals surface area contributed by atoms with Crippen molar-refractivity contribution in [1.29, 1.82) is 0 Å². The fourth-order valence-electron chi connectivity index (χ4n) is 7.83. The lowest BCUT2D eigenvalue weighted by Crippen LogP contribution is -2.43. The molecule has 1 aliphatic heterocycles. The van der Waals surface area contributed by atoms with Gasteiger partial charge < -0.3 is 30.6 Å². The Morgan fingerprint density at radius 2 is 1.40 bits per heavy atom. The van der Waals surface area contributed by atoms with Crippen LogP contribution < -0.4 is 16.0 Å². The summed E-state index contributed by atoms with van der Waals surface area (Å²) < 4.78 is 0. The first-order valence-corrected chi connectivity index (χ1v) is 24.3. The second kappa shape index (κ2) is 33.4. The van der Waals surface area contributed by atoms with E-state index in [1.54, 1.807) is 0 Å². The van der Waals surface area contributed by atoms with Crippen molar-refractivity contribution in [3.05, 3.63) is 143 Å². The molecule has 360 valence electrons. The van der Waals surface area contributed by atoms with E-state index in [0.29, 0.717) is 6.42 Å². The van der Waals surface area contributed by atoms with Crippen molar-refractivity contribution in [1.82, 2.24) is 35.7 Å². The summed E-state index contributed by atoms with van der Waals surface area (Å²) in [6, 6.07) is 36.7. The maximum atomic E-state index is 14.2. The Morgan fingerprint density at radius 3 is 1.93 bits per heavy atom. The number of nitrogens with one attached hydrogen (secondary N) is 4. The van der Waals surface area contributed by atoms with Crippen LogP contribution in [0.4, 0.5) is 0 Å². The van der Waals surface area contributed by atoms with E-state index in [1.165, 1.54) is 0 Å². The monoisotopic (exact) mass is 909 g/mol. The zero-order chi connectivity index (χ0) is 49.4. The number of rotatable bonds is 20. The van der Waals surface area contributed by atoms with E-state index < -0.39 is 0 Å². The zero-order valence-electron chi connectivity index (χ0n) is 42.1. The number of aromatic nitrogens is 2. The van der Waals surface area contributed by atoms with Crippen LogP contribution in [0, 0.1) is 19.8 Å². The van der Waals surface area contributed by atoms with Crippen molar-refractivity contribution < 1.29 is 9.59 Å². The molecule has 0 saturated carbocycles. The number of carbonyl (C=O) groups excluding carboxylic acids is 2. The highest BCUT2D eigenvalue weighted by molar-refractivity contribution is 5.84. The Hall–Kier alpha value is -6.12. The minimum absolute atomic E-state index is 0.0690. The summed E-state index contributed by atoms with van der Waals surface area (Å²) in [6.07, 6.45) is 12.4. The van der Waals surface area contributed by atoms with Gasteiger partial charge in [-0.15, -0.1) is 12.8 Å². The molecule has 0 bridgehead atoms. The topological polar surface area (TPSA) is 118 Å². The first-order chi connectivity index (χ1) is 32.7. The van der Waals surface area contributed by atoms with Crippen molar-refractivity contribution in [3.63, 3.8) is 0 Å². The lowest BCUT2D eigenvalue weighted by Gasteiger charge is -2.34. The maximum Gasteiger partial charge on any atom is 0.245 e. The summed E-state index contributed by atoms with van der Waals surface area (Å²) in [4.78, 5) is 41.4. The molecule has 0 aliphatic carbocycles. The number of hydrogen-bond acceptors (Lipinski definition) is 8. The Morgan fingerprint density at radius 1 is 0.836 bits per heavy atom. The molecule has 0 unspecified atom stereocenters. The second-order valence-corrected chi connectivity index (χ2v) is 15.6. The van der Waals surface area contributed by atoms with Gasteiger partial charge in [-0.3, -0.25) is 14.7 Å². The summed E-state index contributed by atoms with van der Waals surface area (Å²) in [6.45, 7) is 29.7.